The number of aliphatic hydroxyl groups excluding tert-OH is 2. The average molecular weight is 360 g/mol. The highest BCUT2D eigenvalue weighted by Crippen LogP contribution is 2.66. The molecule has 1 aliphatic heterocycles. The molecule has 2 fully saturated rings. The van der Waals surface area contributed by atoms with Crippen molar-refractivity contribution in [3.8, 4) is 0 Å². The van der Waals surface area contributed by atoms with Gasteiger partial charge in [-0.15, -0.1) is 0 Å². The molecule has 2 N–H and O–H groups in total. The first kappa shape index (κ1) is 17.3. The number of ether oxygens (including phenoxy) is 1. The molecule has 0 bridgehead atoms. The zero-order valence-corrected chi connectivity index (χ0v) is 15.4. The zero-order valence-electron chi connectivity index (χ0n) is 15.4. The van der Waals surface area contributed by atoms with E-state index in [-0.39, 0.29) is 41.7 Å². The Morgan fingerprint density at radius 1 is 1.19 bits per heavy atom. The summed E-state index contributed by atoms with van der Waals surface area (Å²) in [4.78, 5) is 38.5. The maximum Gasteiger partial charge on any atom is 0.306 e. The maximum atomic E-state index is 13.2. The summed E-state index contributed by atoms with van der Waals surface area (Å²) in [5.41, 5.74) is -1.43. The zero-order chi connectivity index (χ0) is 19.2. The minimum atomic E-state index is -1.14. The molecule has 4 aliphatic rings. The van der Waals surface area contributed by atoms with E-state index in [4.69, 9.17) is 4.74 Å². The number of carbonyl (C=O) groups excluding carboxylic acids is 3. The van der Waals surface area contributed by atoms with Crippen LogP contribution in [0.2, 0.25) is 0 Å². The molecule has 0 aromatic heterocycles. The fraction of sp³-hybridized carbons (Fsp3) is 0.650. The fourth-order valence-electron chi connectivity index (χ4n) is 6.42. The van der Waals surface area contributed by atoms with Gasteiger partial charge in [0.15, 0.2) is 11.5 Å². The summed E-state index contributed by atoms with van der Waals surface area (Å²) in [5, 5.41) is 20.7. The molecular formula is C20H24O6. The quantitative estimate of drug-likeness (QED) is 0.644. The van der Waals surface area contributed by atoms with Crippen LogP contribution in [-0.4, -0.2) is 33.9 Å². The van der Waals surface area contributed by atoms with Gasteiger partial charge in [-0.05, 0) is 36.8 Å². The smallest absolute Gasteiger partial charge is 0.306 e. The van der Waals surface area contributed by atoms with Gasteiger partial charge in [-0.25, -0.2) is 0 Å². The third kappa shape index (κ3) is 1.75. The Morgan fingerprint density at radius 3 is 2.50 bits per heavy atom. The van der Waals surface area contributed by atoms with E-state index in [9.17, 15) is 24.6 Å². The van der Waals surface area contributed by atoms with Crippen LogP contribution in [0.5, 0.6) is 0 Å². The molecule has 3 aliphatic carbocycles. The van der Waals surface area contributed by atoms with Gasteiger partial charge < -0.3 is 14.9 Å². The molecule has 6 heteroatoms. The van der Waals surface area contributed by atoms with Crippen LogP contribution in [0.15, 0.2) is 23.2 Å². The molecule has 7 atom stereocenters. The summed E-state index contributed by atoms with van der Waals surface area (Å²) in [5.74, 6) is -3.54. The Bertz CT molecular complexity index is 807. The van der Waals surface area contributed by atoms with Crippen LogP contribution in [0.4, 0.5) is 0 Å². The summed E-state index contributed by atoms with van der Waals surface area (Å²) in [7, 11) is 0. The lowest BCUT2D eigenvalue weighted by molar-refractivity contribution is -0.216. The summed E-state index contributed by atoms with van der Waals surface area (Å²) < 4.78 is 5.68. The van der Waals surface area contributed by atoms with Crippen molar-refractivity contribution in [2.75, 3.05) is 0 Å². The Kier molecular flexibility index (Phi) is 3.32. The molecule has 0 unspecified atom stereocenters. The van der Waals surface area contributed by atoms with Gasteiger partial charge in [-0.3, -0.25) is 14.4 Å². The maximum absolute atomic E-state index is 13.2. The van der Waals surface area contributed by atoms with Crippen LogP contribution in [0.25, 0.3) is 0 Å². The first-order chi connectivity index (χ1) is 12.0. The second kappa shape index (κ2) is 4.99. The number of carbonyl (C=O) groups is 3. The Balaban J connectivity index is 2.00. The summed E-state index contributed by atoms with van der Waals surface area (Å²) in [6.45, 7) is 7.18. The van der Waals surface area contributed by atoms with E-state index >= 15 is 0 Å². The number of fused-ring (bicyclic) bond motifs is 2. The molecule has 6 nitrogen and oxygen atoms in total. The summed E-state index contributed by atoms with van der Waals surface area (Å²) in [6, 6.07) is 0. The van der Waals surface area contributed by atoms with Crippen molar-refractivity contribution < 1.29 is 29.3 Å². The van der Waals surface area contributed by atoms with E-state index in [0.29, 0.717) is 12.0 Å². The number of rotatable bonds is 0. The van der Waals surface area contributed by atoms with Gasteiger partial charge in [-0.1, -0.05) is 20.8 Å². The average Bonchev–Trinajstić information content (AvgIpc) is 2.56. The first-order valence-electron chi connectivity index (χ1n) is 9.13. The van der Waals surface area contributed by atoms with Crippen molar-refractivity contribution in [1.82, 2.24) is 0 Å². The van der Waals surface area contributed by atoms with Crippen LogP contribution >= 0.6 is 0 Å². The molecule has 0 amide bonds. The highest BCUT2D eigenvalue weighted by Gasteiger charge is 2.71. The Labute approximate surface area is 151 Å². The van der Waals surface area contributed by atoms with Crippen molar-refractivity contribution in [1.29, 1.82) is 0 Å². The third-order valence-electron chi connectivity index (χ3n) is 7.72. The molecule has 0 radical (unpaired) electrons. The number of allylic oxidation sites excluding steroid dienone is 4. The van der Waals surface area contributed by atoms with E-state index in [1.807, 2.05) is 13.8 Å². The molecular weight excluding hydrogens is 336 g/mol. The van der Waals surface area contributed by atoms with Crippen LogP contribution in [0.3, 0.4) is 0 Å². The molecule has 1 saturated heterocycles. The van der Waals surface area contributed by atoms with E-state index in [2.05, 4.69) is 0 Å². The fourth-order valence-corrected chi connectivity index (χ4v) is 6.42. The summed E-state index contributed by atoms with van der Waals surface area (Å²) in [6.07, 6.45) is 1.57. The van der Waals surface area contributed by atoms with E-state index in [1.165, 1.54) is 6.08 Å². The van der Waals surface area contributed by atoms with Crippen molar-refractivity contribution in [2.24, 2.45) is 34.5 Å². The van der Waals surface area contributed by atoms with Gasteiger partial charge >= 0.3 is 5.97 Å². The first-order valence-corrected chi connectivity index (χ1v) is 9.13. The van der Waals surface area contributed by atoms with Crippen molar-refractivity contribution in [3.05, 3.63) is 23.2 Å². The minimum absolute atomic E-state index is 0.0823. The lowest BCUT2D eigenvalue weighted by Gasteiger charge is -2.63. The topological polar surface area (TPSA) is 101 Å². The second-order valence-corrected chi connectivity index (χ2v) is 8.80. The highest BCUT2D eigenvalue weighted by atomic mass is 16.5. The van der Waals surface area contributed by atoms with Crippen LogP contribution < -0.4 is 0 Å². The highest BCUT2D eigenvalue weighted by molar-refractivity contribution is 6.07. The van der Waals surface area contributed by atoms with Crippen LogP contribution in [-0.2, 0) is 19.1 Å². The monoisotopic (exact) mass is 360 g/mol. The predicted octanol–water partition coefficient (Wildman–Crippen LogP) is 2.64. The lowest BCUT2D eigenvalue weighted by atomic mass is 9.40. The molecule has 0 spiro atoms. The van der Waals surface area contributed by atoms with Crippen LogP contribution in [0.1, 0.15) is 40.5 Å². The van der Waals surface area contributed by atoms with Crippen molar-refractivity contribution in [3.63, 3.8) is 0 Å². The van der Waals surface area contributed by atoms with E-state index in [1.54, 1.807) is 13.8 Å². The predicted molar refractivity (Wildman–Crippen MR) is 91.0 cm³/mol. The van der Waals surface area contributed by atoms with Crippen LogP contribution in [0, 0.1) is 34.5 Å². The van der Waals surface area contributed by atoms with E-state index in [0.717, 1.165) is 0 Å². The lowest BCUT2D eigenvalue weighted by Crippen LogP contribution is -2.69. The van der Waals surface area contributed by atoms with Gasteiger partial charge in [0, 0.05) is 22.7 Å². The molecule has 0 aromatic carbocycles. The van der Waals surface area contributed by atoms with Gasteiger partial charge in [-0.2, -0.15) is 0 Å². The number of esters is 1. The van der Waals surface area contributed by atoms with E-state index < -0.39 is 34.4 Å². The standard InChI is InChI=1S/C20H24O6/c1-8-5-12(21)18(25)20(4)10(8)6-13-19(3)11(7-14(22)26-13)9(2)15(23)16(24)17(19)20/h5,8,10-11,13,17,21,23H,6-7H2,1-4H3/t8-,10+,11+,13-,17+,19-,20+/m1/s1. The number of Topliss-reactive ketones (excluding diaryl/α,β-unsaturated/α-hetero) is 2. The van der Waals surface area contributed by atoms with Gasteiger partial charge in [0.05, 0.1) is 6.42 Å². The Morgan fingerprint density at radius 2 is 1.85 bits per heavy atom. The molecule has 1 heterocycles. The minimum Gasteiger partial charge on any atom is -0.505 e. The molecule has 26 heavy (non-hydrogen) atoms. The number of hydrogen-bond acceptors (Lipinski definition) is 6. The molecule has 140 valence electrons. The third-order valence-corrected chi connectivity index (χ3v) is 7.72. The largest absolute Gasteiger partial charge is 0.505 e. The number of aliphatic hydroxyl groups is 2. The van der Waals surface area contributed by atoms with Crippen molar-refractivity contribution in [2.45, 2.75) is 46.6 Å². The Hall–Kier alpha value is -2.11. The summed E-state index contributed by atoms with van der Waals surface area (Å²) >= 11 is 0. The molecule has 1 saturated carbocycles. The SMILES string of the molecule is CC1=C(O)C(=O)[C@@H]2[C@@]3(C)C(=O)C(O)=C[C@@H](C)[C@@H]3C[C@H]3OC(=O)C[C@@H]1[C@@]23C. The normalized spacial score (nSPS) is 47.8. The molecule has 0 aromatic rings. The van der Waals surface area contributed by atoms with Gasteiger partial charge in [0.25, 0.3) is 0 Å². The molecule has 4 rings (SSSR count). The van der Waals surface area contributed by atoms with Gasteiger partial charge in [0.2, 0.25) is 11.6 Å². The number of hydrogen-bond donors (Lipinski definition) is 2. The van der Waals surface area contributed by atoms with Crippen molar-refractivity contribution >= 4 is 17.5 Å². The van der Waals surface area contributed by atoms with Gasteiger partial charge in [0.1, 0.15) is 6.10 Å². The second-order valence-electron chi connectivity index (χ2n) is 8.80. The number of ketones is 2.